The minimum atomic E-state index is -0.318. The topological polar surface area (TPSA) is 20.2 Å². The van der Waals surface area contributed by atoms with Crippen molar-refractivity contribution in [2.24, 2.45) is 0 Å². The smallest absolute Gasteiger partial charge is 0.0808 e. The van der Waals surface area contributed by atoms with E-state index in [0.717, 1.165) is 11.5 Å². The molecule has 0 amide bonds. The summed E-state index contributed by atoms with van der Waals surface area (Å²) < 4.78 is 0. The van der Waals surface area contributed by atoms with Crippen LogP contribution in [0.5, 0.6) is 0 Å². The van der Waals surface area contributed by atoms with Crippen LogP contribution in [0.25, 0.3) is 0 Å². The minimum Gasteiger partial charge on any atom is -0.388 e. The van der Waals surface area contributed by atoms with Gasteiger partial charge < -0.3 is 5.11 Å². The molecule has 0 aromatic rings. The normalized spacial score (nSPS) is 13.0. The third kappa shape index (κ3) is 6.17. The zero-order chi connectivity index (χ0) is 7.82. The Bertz CT molecular complexity index is 83.3. The summed E-state index contributed by atoms with van der Waals surface area (Å²) in [5.41, 5.74) is 0. The van der Waals surface area contributed by atoms with Gasteiger partial charge >= 0.3 is 0 Å². The Morgan fingerprint density at radius 1 is 1.70 bits per heavy atom. The van der Waals surface area contributed by atoms with Gasteiger partial charge in [0.2, 0.25) is 0 Å². The first-order valence-electron chi connectivity index (χ1n) is 3.69. The highest BCUT2D eigenvalue weighted by Crippen LogP contribution is 2.06. The molecule has 0 aromatic carbocycles. The summed E-state index contributed by atoms with van der Waals surface area (Å²) >= 11 is 1.79. The SMILES string of the molecule is C=CC(O)CSCCCC. The number of rotatable bonds is 6. The third-order valence-corrected chi connectivity index (χ3v) is 2.36. The van der Waals surface area contributed by atoms with E-state index in [-0.39, 0.29) is 6.10 Å². The van der Waals surface area contributed by atoms with Crippen molar-refractivity contribution in [3.05, 3.63) is 12.7 Å². The number of aliphatic hydroxyl groups excluding tert-OH is 1. The van der Waals surface area contributed by atoms with Crippen LogP contribution in [0, 0.1) is 0 Å². The highest BCUT2D eigenvalue weighted by atomic mass is 32.2. The summed E-state index contributed by atoms with van der Waals surface area (Å²) in [7, 11) is 0. The molecule has 0 aliphatic carbocycles. The fourth-order valence-electron chi connectivity index (χ4n) is 0.519. The molecule has 0 radical (unpaired) electrons. The molecule has 10 heavy (non-hydrogen) atoms. The number of aliphatic hydroxyl groups is 1. The third-order valence-electron chi connectivity index (χ3n) is 1.20. The Labute approximate surface area is 67.5 Å². The number of unbranched alkanes of at least 4 members (excludes halogenated alkanes) is 1. The number of thioether (sulfide) groups is 1. The van der Waals surface area contributed by atoms with E-state index in [1.54, 1.807) is 17.8 Å². The van der Waals surface area contributed by atoms with Crippen LogP contribution in [-0.4, -0.2) is 22.7 Å². The summed E-state index contributed by atoms with van der Waals surface area (Å²) in [5, 5.41) is 9.02. The molecule has 0 aliphatic rings. The van der Waals surface area contributed by atoms with Crippen LogP contribution in [0.1, 0.15) is 19.8 Å². The quantitative estimate of drug-likeness (QED) is 0.474. The van der Waals surface area contributed by atoms with Crippen LogP contribution >= 0.6 is 11.8 Å². The van der Waals surface area contributed by atoms with Gasteiger partial charge in [0, 0.05) is 5.75 Å². The average Bonchev–Trinajstić information content (AvgIpc) is 1.98. The van der Waals surface area contributed by atoms with E-state index in [1.165, 1.54) is 12.8 Å². The molecule has 1 atom stereocenters. The lowest BCUT2D eigenvalue weighted by molar-refractivity contribution is 0.249. The van der Waals surface area contributed by atoms with Crippen LogP contribution in [-0.2, 0) is 0 Å². The molecule has 0 heterocycles. The van der Waals surface area contributed by atoms with Gasteiger partial charge in [-0.1, -0.05) is 19.4 Å². The fourth-order valence-corrected chi connectivity index (χ4v) is 1.56. The van der Waals surface area contributed by atoms with Gasteiger partial charge in [0.25, 0.3) is 0 Å². The van der Waals surface area contributed by atoms with Crippen LogP contribution in [0.2, 0.25) is 0 Å². The van der Waals surface area contributed by atoms with Crippen molar-refractivity contribution >= 4 is 11.8 Å². The first-order chi connectivity index (χ1) is 4.81. The maximum Gasteiger partial charge on any atom is 0.0808 e. The van der Waals surface area contributed by atoms with Gasteiger partial charge in [0.05, 0.1) is 6.10 Å². The van der Waals surface area contributed by atoms with E-state index in [0.29, 0.717) is 0 Å². The second kappa shape index (κ2) is 7.16. The van der Waals surface area contributed by atoms with Gasteiger partial charge in [-0.3, -0.25) is 0 Å². The fraction of sp³-hybridized carbons (Fsp3) is 0.750. The molecule has 0 fully saturated rings. The lowest BCUT2D eigenvalue weighted by Gasteiger charge is -2.02. The van der Waals surface area contributed by atoms with Gasteiger partial charge in [0.1, 0.15) is 0 Å². The van der Waals surface area contributed by atoms with Crippen LogP contribution in [0.4, 0.5) is 0 Å². The Kier molecular flexibility index (Phi) is 7.20. The van der Waals surface area contributed by atoms with Crippen LogP contribution in [0.15, 0.2) is 12.7 Å². The van der Waals surface area contributed by atoms with Crippen molar-refractivity contribution in [2.45, 2.75) is 25.9 Å². The summed E-state index contributed by atoms with van der Waals surface area (Å²) in [6.45, 7) is 5.67. The minimum absolute atomic E-state index is 0.318. The van der Waals surface area contributed by atoms with E-state index in [9.17, 15) is 0 Å². The number of hydrogen-bond donors (Lipinski definition) is 1. The average molecular weight is 160 g/mol. The first-order valence-corrected chi connectivity index (χ1v) is 4.85. The lowest BCUT2D eigenvalue weighted by atomic mass is 10.4. The summed E-state index contributed by atoms with van der Waals surface area (Å²) in [6.07, 6.45) is 3.74. The van der Waals surface area contributed by atoms with Crippen molar-refractivity contribution < 1.29 is 5.11 Å². The predicted molar refractivity (Wildman–Crippen MR) is 48.4 cm³/mol. The monoisotopic (exact) mass is 160 g/mol. The van der Waals surface area contributed by atoms with E-state index in [1.807, 2.05) is 0 Å². The molecular formula is C8H16OS. The zero-order valence-electron chi connectivity index (χ0n) is 6.55. The van der Waals surface area contributed by atoms with E-state index >= 15 is 0 Å². The molecule has 0 bridgehead atoms. The predicted octanol–water partition coefficient (Wildman–Crippen LogP) is 2.07. The summed E-state index contributed by atoms with van der Waals surface area (Å²) in [6, 6.07) is 0. The first kappa shape index (κ1) is 10.0. The molecule has 0 saturated heterocycles. The molecule has 0 saturated carbocycles. The Balaban J connectivity index is 2.95. The van der Waals surface area contributed by atoms with Gasteiger partial charge in [-0.15, -0.1) is 6.58 Å². The maximum atomic E-state index is 9.02. The lowest BCUT2D eigenvalue weighted by Crippen LogP contribution is -2.04. The van der Waals surface area contributed by atoms with Gasteiger partial charge in [0.15, 0.2) is 0 Å². The van der Waals surface area contributed by atoms with Gasteiger partial charge in [-0.2, -0.15) is 11.8 Å². The molecule has 0 spiro atoms. The van der Waals surface area contributed by atoms with E-state index in [4.69, 9.17) is 5.11 Å². The van der Waals surface area contributed by atoms with Crippen molar-refractivity contribution in [2.75, 3.05) is 11.5 Å². The summed E-state index contributed by atoms with van der Waals surface area (Å²) in [5.74, 6) is 1.95. The molecule has 0 aliphatic heterocycles. The van der Waals surface area contributed by atoms with Crippen molar-refractivity contribution in [1.29, 1.82) is 0 Å². The molecule has 0 aromatic heterocycles. The van der Waals surface area contributed by atoms with Crippen molar-refractivity contribution in [1.82, 2.24) is 0 Å². The second-order valence-corrected chi connectivity index (χ2v) is 3.38. The second-order valence-electron chi connectivity index (χ2n) is 2.23. The van der Waals surface area contributed by atoms with Crippen molar-refractivity contribution in [3.63, 3.8) is 0 Å². The Hall–Kier alpha value is 0.0500. The highest BCUT2D eigenvalue weighted by Gasteiger charge is 1.95. The van der Waals surface area contributed by atoms with Crippen molar-refractivity contribution in [3.8, 4) is 0 Å². The Morgan fingerprint density at radius 2 is 2.40 bits per heavy atom. The van der Waals surface area contributed by atoms with Gasteiger partial charge in [-0.25, -0.2) is 0 Å². The zero-order valence-corrected chi connectivity index (χ0v) is 7.36. The molecule has 1 nitrogen and oxygen atoms in total. The Morgan fingerprint density at radius 3 is 2.90 bits per heavy atom. The van der Waals surface area contributed by atoms with Crippen LogP contribution < -0.4 is 0 Å². The van der Waals surface area contributed by atoms with E-state index < -0.39 is 0 Å². The molecule has 1 unspecified atom stereocenters. The molecule has 1 N–H and O–H groups in total. The maximum absolute atomic E-state index is 9.02. The van der Waals surface area contributed by atoms with E-state index in [2.05, 4.69) is 13.5 Å². The summed E-state index contributed by atoms with van der Waals surface area (Å²) in [4.78, 5) is 0. The van der Waals surface area contributed by atoms with Crippen LogP contribution in [0.3, 0.4) is 0 Å². The largest absolute Gasteiger partial charge is 0.388 e. The number of hydrogen-bond acceptors (Lipinski definition) is 2. The standard InChI is InChI=1S/C8H16OS/c1-3-5-6-10-7-8(9)4-2/h4,8-9H,2-3,5-7H2,1H3. The molecular weight excluding hydrogens is 144 g/mol. The molecule has 60 valence electrons. The highest BCUT2D eigenvalue weighted by molar-refractivity contribution is 7.99. The molecule has 0 rings (SSSR count). The van der Waals surface area contributed by atoms with Gasteiger partial charge in [-0.05, 0) is 12.2 Å². The molecule has 2 heteroatoms.